The fraction of sp³-hybridized carbons (Fsp3) is 1.00. The summed E-state index contributed by atoms with van der Waals surface area (Å²) in [7, 11) is 0. The van der Waals surface area contributed by atoms with Crippen molar-refractivity contribution in [3.63, 3.8) is 0 Å². The lowest BCUT2D eigenvalue weighted by atomic mass is 9.73. The van der Waals surface area contributed by atoms with E-state index in [-0.39, 0.29) is 0 Å². The van der Waals surface area contributed by atoms with Crippen molar-refractivity contribution >= 4 is 0 Å². The highest BCUT2D eigenvalue weighted by molar-refractivity contribution is 4.97. The van der Waals surface area contributed by atoms with Gasteiger partial charge in [-0.25, -0.2) is 0 Å². The Morgan fingerprint density at radius 2 is 1.94 bits per heavy atom. The third kappa shape index (κ3) is 2.38. The first kappa shape index (κ1) is 11.9. The van der Waals surface area contributed by atoms with E-state index in [1.807, 2.05) is 0 Å². The molecule has 1 saturated carbocycles. The maximum Gasteiger partial charge on any atom is 0.0697 e. The minimum Gasteiger partial charge on any atom is -0.375 e. The fourth-order valence-electron chi connectivity index (χ4n) is 3.79. The summed E-state index contributed by atoms with van der Waals surface area (Å²) in [5, 5.41) is 0. The molecule has 2 aliphatic heterocycles. The van der Waals surface area contributed by atoms with E-state index < -0.39 is 0 Å². The maximum absolute atomic E-state index is 6.02. The van der Waals surface area contributed by atoms with Crippen LogP contribution in [-0.2, 0) is 4.74 Å². The molecule has 0 aromatic carbocycles. The van der Waals surface area contributed by atoms with Crippen LogP contribution in [0.25, 0.3) is 0 Å². The number of piperidine rings is 1. The molecule has 1 unspecified atom stereocenters. The van der Waals surface area contributed by atoms with Gasteiger partial charge in [0.05, 0.1) is 5.60 Å². The molecule has 2 saturated heterocycles. The second-order valence-electron chi connectivity index (χ2n) is 6.25. The van der Waals surface area contributed by atoms with Crippen LogP contribution in [0.15, 0.2) is 0 Å². The molecule has 98 valence electrons. The summed E-state index contributed by atoms with van der Waals surface area (Å²) in [4.78, 5) is 2.72. The van der Waals surface area contributed by atoms with Gasteiger partial charge in [0.25, 0.3) is 0 Å². The van der Waals surface area contributed by atoms with Gasteiger partial charge in [0, 0.05) is 12.6 Å². The van der Waals surface area contributed by atoms with Crippen molar-refractivity contribution in [2.45, 2.75) is 56.6 Å². The molecule has 3 fully saturated rings. The Kier molecular flexibility index (Phi) is 3.42. The highest BCUT2D eigenvalue weighted by Gasteiger charge is 2.44. The van der Waals surface area contributed by atoms with Crippen molar-refractivity contribution in [2.24, 2.45) is 11.7 Å². The first-order valence-electron chi connectivity index (χ1n) is 7.39. The molecule has 3 rings (SSSR count). The minimum absolute atomic E-state index is 0.299. The lowest BCUT2D eigenvalue weighted by Gasteiger charge is -2.50. The summed E-state index contributed by atoms with van der Waals surface area (Å²) < 4.78 is 6.02. The van der Waals surface area contributed by atoms with Crippen LogP contribution in [0.2, 0.25) is 0 Å². The van der Waals surface area contributed by atoms with Crippen LogP contribution in [-0.4, -0.2) is 42.8 Å². The van der Waals surface area contributed by atoms with Crippen molar-refractivity contribution in [2.75, 3.05) is 26.2 Å². The van der Waals surface area contributed by atoms with E-state index in [1.165, 1.54) is 58.0 Å². The number of rotatable bonds is 2. The molecule has 3 heteroatoms. The van der Waals surface area contributed by atoms with E-state index in [4.69, 9.17) is 10.5 Å². The van der Waals surface area contributed by atoms with E-state index in [2.05, 4.69) is 4.90 Å². The van der Waals surface area contributed by atoms with Gasteiger partial charge in [-0.15, -0.1) is 0 Å². The van der Waals surface area contributed by atoms with Gasteiger partial charge < -0.3 is 15.4 Å². The summed E-state index contributed by atoms with van der Waals surface area (Å²) in [5.74, 6) is 0.781. The molecule has 0 radical (unpaired) electrons. The normalized spacial score (nSPS) is 34.8. The zero-order valence-electron chi connectivity index (χ0n) is 10.9. The number of nitrogens with two attached hydrogens (primary N) is 1. The SMILES string of the molecule is NCC1CCN(C2CCOC3(CCC3)C2)CC1. The highest BCUT2D eigenvalue weighted by Crippen LogP contribution is 2.43. The molecule has 1 aliphatic carbocycles. The highest BCUT2D eigenvalue weighted by atomic mass is 16.5. The van der Waals surface area contributed by atoms with Crippen molar-refractivity contribution in [1.29, 1.82) is 0 Å². The molecule has 1 atom stereocenters. The molecule has 0 bridgehead atoms. The second kappa shape index (κ2) is 4.87. The molecule has 2 heterocycles. The molecule has 3 aliphatic rings. The standard InChI is InChI=1S/C14H26N2O/c15-11-12-2-7-16(8-3-12)13-4-9-17-14(10-13)5-1-6-14/h12-13H,1-11,15H2. The Hall–Kier alpha value is -0.120. The zero-order chi connectivity index (χ0) is 11.7. The van der Waals surface area contributed by atoms with Crippen LogP contribution in [0.3, 0.4) is 0 Å². The van der Waals surface area contributed by atoms with E-state index in [1.54, 1.807) is 0 Å². The van der Waals surface area contributed by atoms with Crippen LogP contribution in [0, 0.1) is 5.92 Å². The average Bonchev–Trinajstić information content (AvgIpc) is 2.37. The Balaban J connectivity index is 1.54. The lowest BCUT2D eigenvalue weighted by Crippen LogP contribution is -2.53. The lowest BCUT2D eigenvalue weighted by molar-refractivity contribution is -0.150. The average molecular weight is 238 g/mol. The first-order chi connectivity index (χ1) is 8.31. The Labute approximate surface area is 105 Å². The summed E-state index contributed by atoms with van der Waals surface area (Å²) in [6, 6.07) is 0.794. The first-order valence-corrected chi connectivity index (χ1v) is 7.39. The molecule has 1 spiro atoms. The van der Waals surface area contributed by atoms with Crippen LogP contribution in [0.1, 0.15) is 44.9 Å². The molecule has 3 nitrogen and oxygen atoms in total. The van der Waals surface area contributed by atoms with Gasteiger partial charge in [0.2, 0.25) is 0 Å². The Morgan fingerprint density at radius 1 is 1.18 bits per heavy atom. The Bertz CT molecular complexity index is 257. The van der Waals surface area contributed by atoms with Gasteiger partial charge in [-0.2, -0.15) is 0 Å². The monoisotopic (exact) mass is 238 g/mol. The largest absolute Gasteiger partial charge is 0.375 e. The number of likely N-dealkylation sites (tertiary alicyclic amines) is 1. The second-order valence-corrected chi connectivity index (χ2v) is 6.25. The summed E-state index contributed by atoms with van der Waals surface area (Å²) in [5.41, 5.74) is 6.06. The van der Waals surface area contributed by atoms with Gasteiger partial charge >= 0.3 is 0 Å². The van der Waals surface area contributed by atoms with E-state index >= 15 is 0 Å². The molecule has 17 heavy (non-hydrogen) atoms. The van der Waals surface area contributed by atoms with Crippen LogP contribution in [0.4, 0.5) is 0 Å². The van der Waals surface area contributed by atoms with Crippen LogP contribution >= 0.6 is 0 Å². The smallest absolute Gasteiger partial charge is 0.0697 e. The van der Waals surface area contributed by atoms with Gasteiger partial charge in [0.15, 0.2) is 0 Å². The maximum atomic E-state index is 6.02. The van der Waals surface area contributed by atoms with Gasteiger partial charge in [0.1, 0.15) is 0 Å². The van der Waals surface area contributed by atoms with Crippen molar-refractivity contribution in [3.8, 4) is 0 Å². The van der Waals surface area contributed by atoms with Gasteiger partial charge in [-0.1, -0.05) is 0 Å². The number of nitrogens with zero attached hydrogens (tertiary/aromatic N) is 1. The van der Waals surface area contributed by atoms with Crippen molar-refractivity contribution < 1.29 is 4.74 Å². The number of ether oxygens (including phenoxy) is 1. The topological polar surface area (TPSA) is 38.5 Å². The predicted octanol–water partition coefficient (Wildman–Crippen LogP) is 1.76. The molecule has 0 aromatic rings. The van der Waals surface area contributed by atoms with E-state index in [9.17, 15) is 0 Å². The predicted molar refractivity (Wildman–Crippen MR) is 68.9 cm³/mol. The van der Waals surface area contributed by atoms with Gasteiger partial charge in [-0.05, 0) is 70.5 Å². The molecule has 2 N–H and O–H groups in total. The molecule has 0 amide bonds. The number of hydrogen-bond donors (Lipinski definition) is 1. The third-order valence-corrected chi connectivity index (χ3v) is 5.23. The quantitative estimate of drug-likeness (QED) is 0.796. The minimum atomic E-state index is 0.299. The fourth-order valence-corrected chi connectivity index (χ4v) is 3.79. The molecule has 0 aromatic heterocycles. The van der Waals surface area contributed by atoms with Crippen LogP contribution < -0.4 is 5.73 Å². The Morgan fingerprint density at radius 3 is 2.53 bits per heavy atom. The van der Waals surface area contributed by atoms with E-state index in [0.717, 1.165) is 25.1 Å². The van der Waals surface area contributed by atoms with Crippen molar-refractivity contribution in [1.82, 2.24) is 4.90 Å². The van der Waals surface area contributed by atoms with Crippen LogP contribution in [0.5, 0.6) is 0 Å². The molecular formula is C14H26N2O. The summed E-state index contributed by atoms with van der Waals surface area (Å²) in [6.07, 6.45) is 9.14. The number of hydrogen-bond acceptors (Lipinski definition) is 3. The zero-order valence-corrected chi connectivity index (χ0v) is 10.9. The van der Waals surface area contributed by atoms with E-state index in [0.29, 0.717) is 5.60 Å². The van der Waals surface area contributed by atoms with Crippen molar-refractivity contribution in [3.05, 3.63) is 0 Å². The third-order valence-electron chi connectivity index (χ3n) is 5.23. The summed E-state index contributed by atoms with van der Waals surface area (Å²) in [6.45, 7) is 4.40. The summed E-state index contributed by atoms with van der Waals surface area (Å²) >= 11 is 0. The molecular weight excluding hydrogens is 212 g/mol. The van der Waals surface area contributed by atoms with Gasteiger partial charge in [-0.3, -0.25) is 0 Å².